The number of carbonyl (C=O) groups is 1. The van der Waals surface area contributed by atoms with Crippen molar-refractivity contribution >= 4 is 5.78 Å². The molecule has 0 N–H and O–H groups in total. The second kappa shape index (κ2) is 5.65. The molecule has 3 heteroatoms. The maximum atomic E-state index is 12.3. The Morgan fingerprint density at radius 2 is 1.95 bits per heavy atom. The Bertz CT molecular complexity index is 574. The van der Waals surface area contributed by atoms with Gasteiger partial charge in [-0.05, 0) is 45.0 Å². The lowest BCUT2D eigenvalue weighted by atomic mass is 10.0. The van der Waals surface area contributed by atoms with Crippen molar-refractivity contribution in [1.29, 1.82) is 0 Å². The number of benzene rings is 1. The minimum absolute atomic E-state index is 0.0401. The highest BCUT2D eigenvalue weighted by Gasteiger charge is 2.10. The molecule has 1 aromatic carbocycles. The highest BCUT2D eigenvalue weighted by Crippen LogP contribution is 2.17. The van der Waals surface area contributed by atoms with Crippen LogP contribution in [0.3, 0.4) is 0 Å². The molecule has 0 saturated carbocycles. The maximum Gasteiger partial charge on any atom is 0.194 e. The number of ketones is 1. The van der Waals surface area contributed by atoms with Crippen LogP contribution in [0.25, 0.3) is 0 Å². The largest absolute Gasteiger partial charge is 0.491 e. The van der Waals surface area contributed by atoms with E-state index in [0.29, 0.717) is 16.9 Å². The summed E-state index contributed by atoms with van der Waals surface area (Å²) in [6.07, 6.45) is 1.69. The second-order valence-electron chi connectivity index (χ2n) is 4.71. The van der Waals surface area contributed by atoms with E-state index in [1.54, 1.807) is 24.4 Å². The molecular weight excluding hydrogens is 238 g/mol. The van der Waals surface area contributed by atoms with Crippen molar-refractivity contribution < 1.29 is 9.53 Å². The van der Waals surface area contributed by atoms with Crippen LogP contribution in [0.15, 0.2) is 42.6 Å². The van der Waals surface area contributed by atoms with Crippen molar-refractivity contribution in [2.45, 2.75) is 26.9 Å². The number of rotatable bonds is 4. The van der Waals surface area contributed by atoms with Crippen LogP contribution in [0.5, 0.6) is 5.75 Å². The van der Waals surface area contributed by atoms with Crippen molar-refractivity contribution in [2.24, 2.45) is 0 Å². The Kier molecular flexibility index (Phi) is 3.95. The lowest BCUT2D eigenvalue weighted by molar-refractivity contribution is 0.103. The summed E-state index contributed by atoms with van der Waals surface area (Å²) in [5.41, 5.74) is 2.10. The molecule has 1 heterocycles. The van der Waals surface area contributed by atoms with E-state index in [4.69, 9.17) is 4.74 Å². The average Bonchev–Trinajstić information content (AvgIpc) is 2.38. The molecule has 0 aliphatic heterocycles. The monoisotopic (exact) mass is 255 g/mol. The van der Waals surface area contributed by atoms with Gasteiger partial charge in [0.25, 0.3) is 0 Å². The Balaban J connectivity index is 2.26. The van der Waals surface area contributed by atoms with Gasteiger partial charge in [0.15, 0.2) is 5.78 Å². The molecule has 0 bridgehead atoms. The quantitative estimate of drug-likeness (QED) is 0.786. The van der Waals surface area contributed by atoms with E-state index < -0.39 is 0 Å². The number of ether oxygens (including phenoxy) is 1. The summed E-state index contributed by atoms with van der Waals surface area (Å²) in [7, 11) is 0. The molecule has 0 aliphatic rings. The van der Waals surface area contributed by atoms with Crippen molar-refractivity contribution in [3.63, 3.8) is 0 Å². The molecule has 19 heavy (non-hydrogen) atoms. The topological polar surface area (TPSA) is 39.2 Å². The van der Waals surface area contributed by atoms with Crippen LogP contribution in [-0.2, 0) is 0 Å². The Morgan fingerprint density at radius 1 is 1.16 bits per heavy atom. The number of pyridine rings is 1. The highest BCUT2D eigenvalue weighted by atomic mass is 16.5. The summed E-state index contributed by atoms with van der Waals surface area (Å²) >= 11 is 0. The fraction of sp³-hybridized carbons (Fsp3) is 0.250. The first-order valence-electron chi connectivity index (χ1n) is 6.30. The predicted molar refractivity (Wildman–Crippen MR) is 74.6 cm³/mol. The van der Waals surface area contributed by atoms with Crippen LogP contribution in [0, 0.1) is 6.92 Å². The van der Waals surface area contributed by atoms with Gasteiger partial charge in [0.2, 0.25) is 0 Å². The van der Waals surface area contributed by atoms with Gasteiger partial charge >= 0.3 is 0 Å². The zero-order valence-electron chi connectivity index (χ0n) is 11.4. The number of aromatic nitrogens is 1. The third-order valence-corrected chi connectivity index (χ3v) is 2.64. The molecule has 0 fully saturated rings. The number of aryl methyl sites for hydroxylation is 1. The molecule has 1 aromatic heterocycles. The first-order valence-corrected chi connectivity index (χ1v) is 6.30. The van der Waals surface area contributed by atoms with E-state index in [1.165, 1.54) is 0 Å². The molecule has 2 aromatic rings. The fourth-order valence-corrected chi connectivity index (χ4v) is 1.75. The molecule has 0 spiro atoms. The molecule has 3 nitrogen and oxygen atoms in total. The maximum absolute atomic E-state index is 12.3. The third-order valence-electron chi connectivity index (χ3n) is 2.64. The van der Waals surface area contributed by atoms with Crippen molar-refractivity contribution in [3.8, 4) is 5.75 Å². The molecule has 0 aliphatic carbocycles. The van der Waals surface area contributed by atoms with E-state index in [9.17, 15) is 4.79 Å². The molecule has 98 valence electrons. The summed E-state index contributed by atoms with van der Waals surface area (Å²) in [6, 6.07) is 10.9. The third kappa shape index (κ3) is 3.41. The van der Waals surface area contributed by atoms with Crippen LogP contribution in [-0.4, -0.2) is 16.9 Å². The van der Waals surface area contributed by atoms with Gasteiger partial charge in [0.05, 0.1) is 6.10 Å². The lowest BCUT2D eigenvalue weighted by Crippen LogP contribution is -2.07. The van der Waals surface area contributed by atoms with E-state index in [2.05, 4.69) is 4.98 Å². The molecule has 0 atom stereocenters. The van der Waals surface area contributed by atoms with Crippen LogP contribution in [0.2, 0.25) is 0 Å². The van der Waals surface area contributed by atoms with Crippen molar-refractivity contribution in [3.05, 3.63) is 59.4 Å². The molecular formula is C16H17NO2. The first kappa shape index (κ1) is 13.3. The second-order valence-corrected chi connectivity index (χ2v) is 4.71. The lowest BCUT2D eigenvalue weighted by Gasteiger charge is -2.10. The van der Waals surface area contributed by atoms with Gasteiger partial charge < -0.3 is 4.74 Å². The SMILES string of the molecule is Cc1ccc(C(=O)c2cccc(OC(C)C)c2)cn1. The van der Waals surface area contributed by atoms with Gasteiger partial charge in [-0.15, -0.1) is 0 Å². The summed E-state index contributed by atoms with van der Waals surface area (Å²) in [6.45, 7) is 5.81. The zero-order valence-corrected chi connectivity index (χ0v) is 11.4. The van der Waals surface area contributed by atoms with E-state index in [-0.39, 0.29) is 11.9 Å². The van der Waals surface area contributed by atoms with Crippen molar-refractivity contribution in [1.82, 2.24) is 4.98 Å². The normalized spacial score (nSPS) is 10.5. The Labute approximate surface area is 113 Å². The highest BCUT2D eigenvalue weighted by molar-refractivity contribution is 6.08. The average molecular weight is 255 g/mol. The summed E-state index contributed by atoms with van der Waals surface area (Å²) in [5, 5.41) is 0. The first-order chi connectivity index (χ1) is 9.06. The van der Waals surface area contributed by atoms with E-state index >= 15 is 0 Å². The summed E-state index contributed by atoms with van der Waals surface area (Å²) in [5.74, 6) is 0.669. The van der Waals surface area contributed by atoms with Gasteiger partial charge in [-0.1, -0.05) is 12.1 Å². The van der Waals surface area contributed by atoms with Crippen LogP contribution < -0.4 is 4.74 Å². The number of hydrogen-bond donors (Lipinski definition) is 0. The van der Waals surface area contributed by atoms with Gasteiger partial charge in [-0.3, -0.25) is 9.78 Å². The standard InChI is InChI=1S/C16H17NO2/c1-11(2)19-15-6-4-5-13(9-15)16(18)14-8-7-12(3)17-10-14/h4-11H,1-3H3. The molecule has 0 amide bonds. The van der Waals surface area contributed by atoms with Gasteiger partial charge in [-0.2, -0.15) is 0 Å². The Morgan fingerprint density at radius 3 is 2.58 bits per heavy atom. The molecule has 2 rings (SSSR count). The summed E-state index contributed by atoms with van der Waals surface area (Å²) in [4.78, 5) is 16.4. The van der Waals surface area contributed by atoms with Gasteiger partial charge in [0, 0.05) is 23.0 Å². The fourth-order valence-electron chi connectivity index (χ4n) is 1.75. The zero-order chi connectivity index (χ0) is 13.8. The molecule has 0 unspecified atom stereocenters. The number of hydrogen-bond acceptors (Lipinski definition) is 3. The number of carbonyl (C=O) groups excluding carboxylic acids is 1. The van der Waals surface area contributed by atoms with E-state index in [1.807, 2.05) is 39.0 Å². The van der Waals surface area contributed by atoms with Crippen LogP contribution in [0.1, 0.15) is 35.5 Å². The van der Waals surface area contributed by atoms with Crippen LogP contribution >= 0.6 is 0 Å². The minimum Gasteiger partial charge on any atom is -0.491 e. The van der Waals surface area contributed by atoms with E-state index in [0.717, 1.165) is 5.69 Å². The van der Waals surface area contributed by atoms with Gasteiger partial charge in [0.1, 0.15) is 5.75 Å². The minimum atomic E-state index is -0.0401. The molecule has 0 radical (unpaired) electrons. The van der Waals surface area contributed by atoms with Gasteiger partial charge in [-0.25, -0.2) is 0 Å². The summed E-state index contributed by atoms with van der Waals surface area (Å²) < 4.78 is 5.59. The number of nitrogens with zero attached hydrogens (tertiary/aromatic N) is 1. The smallest absolute Gasteiger partial charge is 0.194 e. The molecule has 0 saturated heterocycles. The Hall–Kier alpha value is -2.16. The predicted octanol–water partition coefficient (Wildman–Crippen LogP) is 3.41. The van der Waals surface area contributed by atoms with Crippen LogP contribution in [0.4, 0.5) is 0 Å². The van der Waals surface area contributed by atoms with Crippen molar-refractivity contribution in [2.75, 3.05) is 0 Å².